The standard InChI is InChI=1S/C45H60N8O8S2.4H2S/c1-10-52-36-16-15-28-19-31(36)32(40(52)30-13-11-17-46-38(30)27(4)60-8)21-45(5,6)25-61-43(56)33-14-12-18-53(49-33)42(55)34(20-37-47-35(28)24-62-37)48-41(54)39(26(2)3)50(7)44(57)51-22-29(23-51)63(9,58)59;;;;/h11,13,15-17,19,24,26-27,29,33-34,39,49H,10,12,14,18,20-23,25H2,1-9H3,(H,48,54);4*1H2/t27-,33-,34-,39-;;;;/m0..../s1. The highest BCUT2D eigenvalue weighted by Crippen LogP contribution is 2.42. The first kappa shape index (κ1) is 57.8. The van der Waals surface area contributed by atoms with Crippen molar-refractivity contribution in [2.45, 2.75) is 103 Å². The molecule has 2 fully saturated rings. The number of amides is 4. The summed E-state index contributed by atoms with van der Waals surface area (Å²) in [5, 5.41) is 7.30. The number of carbonyl (C=O) groups is 4. The van der Waals surface area contributed by atoms with E-state index in [4.69, 9.17) is 19.4 Å². The number of urea groups is 1. The molecule has 0 aliphatic carbocycles. The summed E-state index contributed by atoms with van der Waals surface area (Å²) in [6.07, 6.45) is 4.26. The van der Waals surface area contributed by atoms with E-state index in [0.717, 1.165) is 50.9 Å². The number of sulfone groups is 1. The molecule has 4 amide bonds. The largest absolute Gasteiger partial charge is 0.464 e. The van der Waals surface area contributed by atoms with Gasteiger partial charge in [0.15, 0.2) is 9.84 Å². The third-order valence-corrected chi connectivity index (χ3v) is 14.9. The van der Waals surface area contributed by atoms with Gasteiger partial charge in [-0.1, -0.05) is 33.8 Å². The van der Waals surface area contributed by atoms with Crippen LogP contribution in [-0.2, 0) is 53.1 Å². The summed E-state index contributed by atoms with van der Waals surface area (Å²) >= 11 is 1.38. The van der Waals surface area contributed by atoms with Crippen molar-refractivity contribution in [1.29, 1.82) is 0 Å². The number of aromatic nitrogens is 3. The van der Waals surface area contributed by atoms with Crippen molar-refractivity contribution in [1.82, 2.24) is 40.1 Å². The minimum atomic E-state index is -3.32. The number of methoxy groups -OCH3 is 1. The number of benzene rings is 1. The number of fused-ring (bicyclic) bond motifs is 6. The Morgan fingerprint density at radius 1 is 1.10 bits per heavy atom. The monoisotopic (exact) mass is 1040 g/mol. The van der Waals surface area contributed by atoms with Crippen molar-refractivity contribution >= 4 is 110 Å². The fraction of sp³-hybridized carbons (Fsp3) is 0.556. The maximum Gasteiger partial charge on any atom is 0.324 e. The molecule has 3 aromatic heterocycles. The second-order valence-electron chi connectivity index (χ2n) is 18.2. The average Bonchev–Trinajstić information content (AvgIpc) is 3.82. The number of hydrogen-bond donors (Lipinski definition) is 2. The fourth-order valence-electron chi connectivity index (χ4n) is 8.95. The number of nitrogens with one attached hydrogen (secondary N) is 2. The highest BCUT2D eigenvalue weighted by atomic mass is 32.2. The molecule has 4 atom stereocenters. The summed E-state index contributed by atoms with van der Waals surface area (Å²) in [4.78, 5) is 68.7. The van der Waals surface area contributed by atoms with Gasteiger partial charge in [-0.25, -0.2) is 23.6 Å². The Kier molecular flexibility index (Phi) is 20.2. The fourth-order valence-corrected chi connectivity index (χ4v) is 10.7. The summed E-state index contributed by atoms with van der Waals surface area (Å²) < 4.78 is 38.3. The number of aryl methyl sites for hydroxylation is 1. The molecule has 1 aromatic carbocycles. The number of hydrazine groups is 1. The molecular formula is C45H68N8O8S6. The van der Waals surface area contributed by atoms with E-state index in [9.17, 15) is 27.6 Å². The van der Waals surface area contributed by atoms with Gasteiger partial charge in [-0.05, 0) is 68.9 Å². The summed E-state index contributed by atoms with van der Waals surface area (Å²) in [7, 11) is -0.130. The Labute approximate surface area is 426 Å². The highest BCUT2D eigenvalue weighted by molar-refractivity contribution is 7.91. The van der Waals surface area contributed by atoms with Crippen LogP contribution in [0.4, 0.5) is 4.79 Å². The van der Waals surface area contributed by atoms with Gasteiger partial charge < -0.3 is 29.2 Å². The molecule has 0 saturated carbocycles. The molecule has 3 aliphatic heterocycles. The number of ether oxygens (including phenoxy) is 2. The van der Waals surface area contributed by atoms with Crippen LogP contribution in [0.5, 0.6) is 0 Å². The minimum absolute atomic E-state index is 0. The van der Waals surface area contributed by atoms with Gasteiger partial charge in [-0.15, -0.1) is 11.3 Å². The lowest BCUT2D eigenvalue weighted by molar-refractivity contribution is -0.155. The first-order valence-corrected chi connectivity index (χ1v) is 24.5. The van der Waals surface area contributed by atoms with Crippen LogP contribution >= 0.6 is 65.3 Å². The molecule has 0 radical (unpaired) electrons. The molecule has 6 bridgehead atoms. The first-order valence-electron chi connectivity index (χ1n) is 21.6. The van der Waals surface area contributed by atoms with Crippen molar-refractivity contribution in [3.05, 3.63) is 58.2 Å². The van der Waals surface area contributed by atoms with Gasteiger partial charge in [-0.3, -0.25) is 24.4 Å². The van der Waals surface area contributed by atoms with E-state index >= 15 is 0 Å². The average molecular weight is 1040 g/mol. The summed E-state index contributed by atoms with van der Waals surface area (Å²) in [5.74, 6) is -1.83. The van der Waals surface area contributed by atoms with Crippen LogP contribution in [0.1, 0.15) is 76.8 Å². The minimum Gasteiger partial charge on any atom is -0.464 e. The molecule has 16 nitrogen and oxygen atoms in total. The number of rotatable bonds is 9. The lowest BCUT2D eigenvalue weighted by Gasteiger charge is -2.42. The van der Waals surface area contributed by atoms with Crippen LogP contribution in [0, 0.1) is 11.3 Å². The zero-order valence-corrected chi connectivity index (χ0v) is 45.3. The second-order valence-corrected chi connectivity index (χ2v) is 21.5. The molecule has 7 rings (SSSR count). The molecule has 4 aromatic rings. The number of cyclic esters (lactones) is 1. The quantitative estimate of drug-likeness (QED) is 0.203. The van der Waals surface area contributed by atoms with Crippen LogP contribution in [0.15, 0.2) is 41.9 Å². The van der Waals surface area contributed by atoms with E-state index in [2.05, 4.69) is 54.3 Å². The Hall–Kier alpha value is -3.51. The van der Waals surface area contributed by atoms with Gasteiger partial charge in [0.25, 0.3) is 5.91 Å². The first-order chi connectivity index (χ1) is 29.8. The molecule has 2 saturated heterocycles. The number of carbonyl (C=O) groups excluding carboxylic acids is 4. The van der Waals surface area contributed by atoms with Crippen LogP contribution < -0.4 is 10.7 Å². The number of likely N-dealkylation sites (N-methyl/N-ethyl adjacent to an activating group) is 1. The van der Waals surface area contributed by atoms with E-state index in [0.29, 0.717) is 37.4 Å². The number of pyridine rings is 1. The van der Waals surface area contributed by atoms with Gasteiger partial charge in [0.2, 0.25) is 5.91 Å². The molecule has 6 heterocycles. The van der Waals surface area contributed by atoms with Crippen LogP contribution in [0.25, 0.3) is 33.4 Å². The number of likely N-dealkylation sites (tertiary alicyclic amines) is 1. The molecule has 2 N–H and O–H groups in total. The van der Waals surface area contributed by atoms with Gasteiger partial charge in [0.1, 0.15) is 18.1 Å². The van der Waals surface area contributed by atoms with Crippen LogP contribution in [0.2, 0.25) is 0 Å². The molecule has 67 heavy (non-hydrogen) atoms. The van der Waals surface area contributed by atoms with E-state index in [1.165, 1.54) is 33.2 Å². The molecular weight excluding hydrogens is 973 g/mol. The van der Waals surface area contributed by atoms with Crippen molar-refractivity contribution in [3.8, 4) is 22.5 Å². The van der Waals surface area contributed by atoms with E-state index in [1.54, 1.807) is 13.3 Å². The van der Waals surface area contributed by atoms with E-state index < -0.39 is 62.4 Å². The number of esters is 1. The number of thiazole rings is 1. The van der Waals surface area contributed by atoms with Crippen molar-refractivity contribution < 1.29 is 37.1 Å². The normalized spacial score (nSPS) is 19.6. The smallest absolute Gasteiger partial charge is 0.324 e. The lowest BCUT2D eigenvalue weighted by Crippen LogP contribution is -2.64. The summed E-state index contributed by atoms with van der Waals surface area (Å²) in [6, 6.07) is 6.97. The van der Waals surface area contributed by atoms with E-state index in [1.807, 2.05) is 38.3 Å². The van der Waals surface area contributed by atoms with E-state index in [-0.39, 0.29) is 92.1 Å². The Bertz CT molecular complexity index is 2510. The van der Waals surface area contributed by atoms with Crippen molar-refractivity contribution in [2.24, 2.45) is 11.3 Å². The predicted molar refractivity (Wildman–Crippen MR) is 283 cm³/mol. The lowest BCUT2D eigenvalue weighted by atomic mass is 9.84. The predicted octanol–water partition coefficient (Wildman–Crippen LogP) is 5.46. The maximum absolute atomic E-state index is 14.5. The van der Waals surface area contributed by atoms with Crippen LogP contribution in [0.3, 0.4) is 0 Å². The summed E-state index contributed by atoms with van der Waals surface area (Å²) in [5.41, 5.74) is 9.14. The second kappa shape index (κ2) is 23.4. The molecule has 3 aliphatic rings. The Morgan fingerprint density at radius 3 is 2.45 bits per heavy atom. The summed E-state index contributed by atoms with van der Waals surface area (Å²) in [6.45, 7) is 13.1. The van der Waals surface area contributed by atoms with Gasteiger partial charge in [0.05, 0.1) is 40.1 Å². The maximum atomic E-state index is 14.5. The Balaban J connectivity index is 0.00000298. The molecule has 0 unspecified atom stereocenters. The molecule has 0 spiro atoms. The highest BCUT2D eigenvalue weighted by Gasteiger charge is 2.43. The third-order valence-electron chi connectivity index (χ3n) is 12.5. The van der Waals surface area contributed by atoms with Gasteiger partial charge >= 0.3 is 12.0 Å². The van der Waals surface area contributed by atoms with Crippen molar-refractivity contribution in [3.63, 3.8) is 0 Å². The number of hydrogen-bond acceptors (Lipinski definition) is 12. The number of nitrogens with zero attached hydrogens (tertiary/aromatic N) is 6. The molecule has 22 heteroatoms. The Morgan fingerprint density at radius 2 is 1.81 bits per heavy atom. The van der Waals surface area contributed by atoms with Gasteiger partial charge in [0, 0.05) is 92.0 Å². The zero-order chi connectivity index (χ0) is 45.5. The van der Waals surface area contributed by atoms with Crippen molar-refractivity contribution in [2.75, 3.05) is 46.7 Å². The van der Waals surface area contributed by atoms with Crippen LogP contribution in [-0.4, -0.2) is 132 Å². The SMILES string of the molecule is CCn1c(-c2cccnc2[C@H](C)OC)c2c3cc(ccc31)-c1csc(n1)C[C@H](NC(=O)[C@H](C(C)C)N(C)C(=O)N1CC(S(C)(=O)=O)C1)C(=O)N1CCC[C@H](N1)C(=O)OCC(C)(C)C2.S.S.S.S. The zero-order valence-electron chi connectivity index (χ0n) is 39.6. The van der Waals surface area contributed by atoms with Gasteiger partial charge in [-0.2, -0.15) is 54.0 Å². The molecule has 372 valence electrons. The third kappa shape index (κ3) is 12.3. The topological polar surface area (TPSA) is 185 Å².